The van der Waals surface area contributed by atoms with Crippen molar-refractivity contribution in [3.05, 3.63) is 0 Å². The first-order valence-corrected chi connectivity index (χ1v) is 8.42. The molecule has 0 aromatic rings. The Balaban J connectivity index is 1.62. The Kier molecular flexibility index (Phi) is 6.11. The summed E-state index contributed by atoms with van der Waals surface area (Å²) >= 11 is 0. The molecule has 1 aliphatic carbocycles. The molecule has 0 radical (unpaired) electrons. The summed E-state index contributed by atoms with van der Waals surface area (Å²) in [6.45, 7) is 14.6. The molecule has 1 aliphatic heterocycles. The van der Waals surface area contributed by atoms with Gasteiger partial charge in [0.15, 0.2) is 0 Å². The average Bonchev–Trinajstić information content (AvgIpc) is 3.24. The SMILES string of the molecule is CCC(CC)NCC(C)N1CCN(CC2CC2)CC1. The molecule has 1 saturated heterocycles. The summed E-state index contributed by atoms with van der Waals surface area (Å²) in [7, 11) is 0. The molecule has 0 aromatic heterocycles. The lowest BCUT2D eigenvalue weighted by Gasteiger charge is -2.38. The highest BCUT2D eigenvalue weighted by atomic mass is 15.3. The summed E-state index contributed by atoms with van der Waals surface area (Å²) < 4.78 is 0. The number of nitrogens with one attached hydrogen (secondary N) is 1. The second-order valence-corrected chi connectivity index (χ2v) is 6.55. The van der Waals surface area contributed by atoms with Crippen LogP contribution in [0.5, 0.6) is 0 Å². The third kappa shape index (κ3) is 5.05. The Bertz CT molecular complexity index is 240. The molecule has 0 spiro atoms. The normalized spacial score (nSPS) is 24.0. The fraction of sp³-hybridized carbons (Fsp3) is 1.00. The van der Waals surface area contributed by atoms with Gasteiger partial charge in [-0.1, -0.05) is 13.8 Å². The monoisotopic (exact) mass is 267 g/mol. The van der Waals surface area contributed by atoms with E-state index in [-0.39, 0.29) is 0 Å². The lowest BCUT2D eigenvalue weighted by molar-refractivity contribution is 0.0973. The molecule has 2 fully saturated rings. The van der Waals surface area contributed by atoms with Crippen LogP contribution in [-0.2, 0) is 0 Å². The fourth-order valence-corrected chi connectivity index (χ4v) is 3.10. The molecule has 3 heteroatoms. The summed E-state index contributed by atoms with van der Waals surface area (Å²) in [4.78, 5) is 5.34. The second kappa shape index (κ2) is 7.61. The minimum absolute atomic E-state index is 0.684. The van der Waals surface area contributed by atoms with Gasteiger partial charge in [0.25, 0.3) is 0 Å². The number of rotatable bonds is 8. The molecule has 0 bridgehead atoms. The highest BCUT2D eigenvalue weighted by Crippen LogP contribution is 2.29. The first-order valence-electron chi connectivity index (χ1n) is 8.42. The van der Waals surface area contributed by atoms with Crippen LogP contribution in [0.25, 0.3) is 0 Å². The standard InChI is InChI=1S/C16H33N3/c1-4-16(5-2)17-12-14(3)19-10-8-18(9-11-19)13-15-6-7-15/h14-17H,4-13H2,1-3H3. The highest BCUT2D eigenvalue weighted by Gasteiger charge is 2.27. The van der Waals surface area contributed by atoms with Gasteiger partial charge in [-0.15, -0.1) is 0 Å². The van der Waals surface area contributed by atoms with Crippen molar-refractivity contribution in [3.63, 3.8) is 0 Å². The smallest absolute Gasteiger partial charge is 0.0193 e. The van der Waals surface area contributed by atoms with E-state index in [4.69, 9.17) is 0 Å². The molecular weight excluding hydrogens is 234 g/mol. The van der Waals surface area contributed by atoms with Gasteiger partial charge in [0, 0.05) is 51.4 Å². The summed E-state index contributed by atoms with van der Waals surface area (Å²) in [5.74, 6) is 1.04. The fourth-order valence-electron chi connectivity index (χ4n) is 3.10. The van der Waals surface area contributed by atoms with Crippen molar-refractivity contribution < 1.29 is 0 Å². The van der Waals surface area contributed by atoms with Crippen molar-refractivity contribution in [3.8, 4) is 0 Å². The molecule has 0 aromatic carbocycles. The number of nitrogens with zero attached hydrogens (tertiary/aromatic N) is 2. The van der Waals surface area contributed by atoms with Gasteiger partial charge in [0.2, 0.25) is 0 Å². The van der Waals surface area contributed by atoms with Crippen molar-refractivity contribution in [2.75, 3.05) is 39.3 Å². The molecule has 19 heavy (non-hydrogen) atoms. The maximum atomic E-state index is 3.71. The van der Waals surface area contributed by atoms with E-state index in [9.17, 15) is 0 Å². The second-order valence-electron chi connectivity index (χ2n) is 6.55. The van der Waals surface area contributed by atoms with E-state index in [1.807, 2.05) is 0 Å². The van der Waals surface area contributed by atoms with Crippen LogP contribution in [0.1, 0.15) is 46.5 Å². The maximum absolute atomic E-state index is 3.71. The average molecular weight is 267 g/mol. The summed E-state index contributed by atoms with van der Waals surface area (Å²) in [5, 5.41) is 3.71. The zero-order valence-corrected chi connectivity index (χ0v) is 13.2. The Morgan fingerprint density at radius 3 is 2.21 bits per heavy atom. The van der Waals surface area contributed by atoms with Crippen LogP contribution in [0, 0.1) is 5.92 Å². The van der Waals surface area contributed by atoms with E-state index in [0.29, 0.717) is 12.1 Å². The van der Waals surface area contributed by atoms with E-state index in [1.165, 1.54) is 58.4 Å². The molecule has 1 unspecified atom stereocenters. The molecule has 0 amide bonds. The molecular formula is C16H33N3. The van der Waals surface area contributed by atoms with E-state index in [1.54, 1.807) is 0 Å². The van der Waals surface area contributed by atoms with Gasteiger partial charge in [0.05, 0.1) is 0 Å². The lowest BCUT2D eigenvalue weighted by Crippen LogP contribution is -2.52. The Hall–Kier alpha value is -0.120. The molecule has 2 aliphatic rings. The third-order valence-electron chi connectivity index (χ3n) is 4.93. The van der Waals surface area contributed by atoms with E-state index >= 15 is 0 Å². The molecule has 112 valence electrons. The van der Waals surface area contributed by atoms with Crippen molar-refractivity contribution in [2.45, 2.75) is 58.5 Å². The summed E-state index contributed by atoms with van der Waals surface area (Å²) in [5.41, 5.74) is 0. The van der Waals surface area contributed by atoms with E-state index in [2.05, 4.69) is 35.9 Å². The zero-order chi connectivity index (χ0) is 13.7. The van der Waals surface area contributed by atoms with Crippen molar-refractivity contribution in [1.29, 1.82) is 0 Å². The quantitative estimate of drug-likeness (QED) is 0.727. The highest BCUT2D eigenvalue weighted by molar-refractivity contribution is 4.82. The Labute approximate surface area is 119 Å². The van der Waals surface area contributed by atoms with Crippen molar-refractivity contribution in [2.24, 2.45) is 5.92 Å². The minimum Gasteiger partial charge on any atom is -0.312 e. The number of hydrogen-bond acceptors (Lipinski definition) is 3. The van der Waals surface area contributed by atoms with Gasteiger partial charge < -0.3 is 10.2 Å². The topological polar surface area (TPSA) is 18.5 Å². The van der Waals surface area contributed by atoms with Crippen LogP contribution in [0.3, 0.4) is 0 Å². The van der Waals surface area contributed by atoms with Gasteiger partial charge in [0.1, 0.15) is 0 Å². The Morgan fingerprint density at radius 2 is 1.68 bits per heavy atom. The van der Waals surface area contributed by atoms with Gasteiger partial charge in [-0.2, -0.15) is 0 Å². The van der Waals surface area contributed by atoms with Gasteiger partial charge >= 0.3 is 0 Å². The van der Waals surface area contributed by atoms with Crippen LogP contribution < -0.4 is 5.32 Å². The molecule has 2 rings (SSSR count). The van der Waals surface area contributed by atoms with Gasteiger partial charge in [-0.25, -0.2) is 0 Å². The first-order chi connectivity index (χ1) is 9.22. The maximum Gasteiger partial charge on any atom is 0.0193 e. The van der Waals surface area contributed by atoms with Gasteiger partial charge in [-0.3, -0.25) is 4.90 Å². The minimum atomic E-state index is 0.684. The largest absolute Gasteiger partial charge is 0.312 e. The molecule has 1 saturated carbocycles. The molecule has 1 heterocycles. The van der Waals surface area contributed by atoms with Gasteiger partial charge in [-0.05, 0) is 38.5 Å². The summed E-state index contributed by atoms with van der Waals surface area (Å²) in [6.07, 6.45) is 5.46. The van der Waals surface area contributed by atoms with Crippen molar-refractivity contribution in [1.82, 2.24) is 15.1 Å². The predicted molar refractivity (Wildman–Crippen MR) is 82.6 cm³/mol. The molecule has 3 nitrogen and oxygen atoms in total. The Morgan fingerprint density at radius 1 is 1.05 bits per heavy atom. The van der Waals surface area contributed by atoms with Crippen LogP contribution in [-0.4, -0.2) is 61.2 Å². The van der Waals surface area contributed by atoms with E-state index in [0.717, 1.165) is 12.5 Å². The van der Waals surface area contributed by atoms with Crippen LogP contribution >= 0.6 is 0 Å². The van der Waals surface area contributed by atoms with E-state index < -0.39 is 0 Å². The predicted octanol–water partition coefficient (Wildman–Crippen LogP) is 2.18. The first kappa shape index (κ1) is 15.3. The van der Waals surface area contributed by atoms with Crippen LogP contribution in [0.4, 0.5) is 0 Å². The van der Waals surface area contributed by atoms with Crippen molar-refractivity contribution >= 4 is 0 Å². The summed E-state index contributed by atoms with van der Waals surface area (Å²) in [6, 6.07) is 1.39. The van der Waals surface area contributed by atoms with Crippen LogP contribution in [0.15, 0.2) is 0 Å². The van der Waals surface area contributed by atoms with Crippen LogP contribution in [0.2, 0.25) is 0 Å². The molecule has 1 atom stereocenters. The molecule has 1 N–H and O–H groups in total. The lowest BCUT2D eigenvalue weighted by atomic mass is 10.1. The third-order valence-corrected chi connectivity index (χ3v) is 4.93. The number of piperazine rings is 1. The zero-order valence-electron chi connectivity index (χ0n) is 13.2. The number of hydrogen-bond donors (Lipinski definition) is 1.